The van der Waals surface area contributed by atoms with Crippen molar-refractivity contribution >= 4 is 5.71 Å². The summed E-state index contributed by atoms with van der Waals surface area (Å²) in [6, 6.07) is 5.61. The molecule has 2 fully saturated rings. The Labute approximate surface area is 276 Å². The predicted octanol–water partition coefficient (Wildman–Crippen LogP) is 5.46. The average Bonchev–Trinajstić information content (AvgIpc) is 3.77. The fraction of sp³-hybridized carbons (Fsp3) is 0.658. The number of aliphatic hydroxyl groups excluding tert-OH is 2. The second-order valence-electron chi connectivity index (χ2n) is 13.9. The van der Waals surface area contributed by atoms with Gasteiger partial charge in [0.05, 0.1) is 24.5 Å². The van der Waals surface area contributed by atoms with Gasteiger partial charge >= 0.3 is 0 Å². The minimum Gasteiger partial charge on any atom is -0.504 e. The summed E-state index contributed by atoms with van der Waals surface area (Å²) in [5.41, 5.74) is 10.0. The van der Waals surface area contributed by atoms with Crippen LogP contribution in [0, 0.1) is 29.8 Å². The number of aryl methyl sites for hydroxylation is 1. The predicted molar refractivity (Wildman–Crippen MR) is 185 cm³/mol. The molecule has 2 saturated carbocycles. The Bertz CT molecular complexity index is 1200. The van der Waals surface area contributed by atoms with Crippen molar-refractivity contribution in [1.82, 2.24) is 5.32 Å². The first-order valence-electron chi connectivity index (χ1n) is 18.0. The second-order valence-corrected chi connectivity index (χ2v) is 13.9. The number of ether oxygens (including phenoxy) is 2. The zero-order valence-electron chi connectivity index (χ0n) is 27.9. The molecule has 0 radical (unpaired) electrons. The topological polar surface area (TPSA) is 133 Å². The van der Waals surface area contributed by atoms with Gasteiger partial charge in [0.15, 0.2) is 17.2 Å². The highest BCUT2D eigenvalue weighted by atomic mass is 16.5. The molecule has 8 heteroatoms. The molecule has 1 aromatic rings. The van der Waals surface area contributed by atoms with E-state index in [2.05, 4.69) is 17.5 Å². The summed E-state index contributed by atoms with van der Waals surface area (Å²) in [5.74, 6) is 3.97. The van der Waals surface area contributed by atoms with E-state index in [1.807, 2.05) is 19.1 Å². The highest BCUT2D eigenvalue weighted by Gasteiger charge is 2.48. The third-order valence-electron chi connectivity index (χ3n) is 10.4. The Kier molecular flexibility index (Phi) is 13.3. The lowest BCUT2D eigenvalue weighted by Gasteiger charge is -2.26. The summed E-state index contributed by atoms with van der Waals surface area (Å²) < 4.78 is 11.1. The molecule has 0 aromatic heterocycles. The number of nitrogens with zero attached hydrogens (tertiary/aromatic N) is 1. The van der Waals surface area contributed by atoms with Crippen molar-refractivity contribution in [1.29, 1.82) is 0 Å². The maximum absolute atomic E-state index is 10.5. The number of nitrogens with two attached hydrogens (primary N) is 1. The Morgan fingerprint density at radius 1 is 1.15 bits per heavy atom. The Hall–Kier alpha value is -2.49. The monoisotopic (exact) mass is 636 g/mol. The SMILES string of the molecule is CC(O)CNCC1[C+]2C=C(CCOc3cc(CC[C-]4C=C(CO)C(CCCCCCCN)[OH+]4)ccc3O)N=C2CCC2CCCC21. The van der Waals surface area contributed by atoms with Gasteiger partial charge in [0.1, 0.15) is 30.4 Å². The number of unbranched alkanes of at least 4 members (excludes halogenated alkanes) is 4. The lowest BCUT2D eigenvalue weighted by molar-refractivity contribution is -0.0552. The Morgan fingerprint density at radius 3 is 2.83 bits per heavy atom. The summed E-state index contributed by atoms with van der Waals surface area (Å²) in [4.78, 5) is 5.07. The van der Waals surface area contributed by atoms with E-state index in [1.165, 1.54) is 56.6 Å². The van der Waals surface area contributed by atoms with Crippen LogP contribution in [0.2, 0.25) is 0 Å². The van der Waals surface area contributed by atoms with Crippen LogP contribution in [-0.2, 0) is 6.42 Å². The Balaban J connectivity index is 1.10. The van der Waals surface area contributed by atoms with Crippen LogP contribution in [0.1, 0.15) is 96.0 Å². The Morgan fingerprint density at radius 2 is 2.00 bits per heavy atom. The van der Waals surface area contributed by atoms with Crippen LogP contribution in [0.5, 0.6) is 11.5 Å². The molecule has 1 aromatic carbocycles. The molecule has 8 nitrogen and oxygen atoms in total. The van der Waals surface area contributed by atoms with Crippen LogP contribution < -0.4 is 15.8 Å². The van der Waals surface area contributed by atoms with E-state index in [1.54, 1.807) is 6.07 Å². The lowest BCUT2D eigenvalue weighted by atomic mass is 9.77. The number of phenolic OH excluding ortho intramolecular Hbond substituents is 1. The summed E-state index contributed by atoms with van der Waals surface area (Å²) in [7, 11) is 0. The van der Waals surface area contributed by atoms with Crippen molar-refractivity contribution in [2.24, 2.45) is 28.5 Å². The van der Waals surface area contributed by atoms with E-state index < -0.39 is 0 Å². The molecule has 0 saturated heterocycles. The zero-order chi connectivity index (χ0) is 32.3. The first-order valence-corrected chi connectivity index (χ1v) is 18.0. The molecule has 4 aliphatic rings. The van der Waals surface area contributed by atoms with Gasteiger partial charge in [-0.15, -0.1) is 16.6 Å². The molecule has 2 heterocycles. The third-order valence-corrected chi connectivity index (χ3v) is 10.4. The van der Waals surface area contributed by atoms with Gasteiger partial charge < -0.3 is 35.8 Å². The van der Waals surface area contributed by atoms with Gasteiger partial charge in [-0.05, 0) is 81.5 Å². The number of rotatable bonds is 19. The number of aliphatic hydroxyl groups is 4. The molecule has 7 N–H and O–H groups in total. The van der Waals surface area contributed by atoms with Gasteiger partial charge in [0.25, 0.3) is 0 Å². The van der Waals surface area contributed by atoms with Crippen LogP contribution in [0.15, 0.2) is 46.6 Å². The quantitative estimate of drug-likeness (QED) is 0.0778. The molecule has 46 heavy (non-hydrogen) atoms. The third kappa shape index (κ3) is 9.54. The number of hydrogen-bond donors (Lipinski definition) is 5. The van der Waals surface area contributed by atoms with Crippen molar-refractivity contribution in [3.05, 3.63) is 59.2 Å². The number of allylic oxidation sites excluding steroid dienone is 1. The normalized spacial score (nSPS) is 24.7. The molecule has 0 bridgehead atoms. The van der Waals surface area contributed by atoms with E-state index in [4.69, 9.17) is 20.2 Å². The summed E-state index contributed by atoms with van der Waals surface area (Å²) in [6.45, 7) is 4.62. The van der Waals surface area contributed by atoms with E-state index >= 15 is 0 Å². The van der Waals surface area contributed by atoms with Gasteiger partial charge in [0.2, 0.25) is 0 Å². The van der Waals surface area contributed by atoms with E-state index in [-0.39, 0.29) is 24.6 Å². The molecule has 5 rings (SSSR count). The maximum atomic E-state index is 10.5. The molecule has 5 atom stereocenters. The van der Waals surface area contributed by atoms with Gasteiger partial charge in [-0.2, -0.15) is 0 Å². The number of hydrogen-bond acceptors (Lipinski definition) is 7. The van der Waals surface area contributed by atoms with Gasteiger partial charge in [-0.3, -0.25) is 0 Å². The fourth-order valence-electron chi connectivity index (χ4n) is 7.95. The fourth-order valence-corrected chi connectivity index (χ4v) is 7.95. The van der Waals surface area contributed by atoms with E-state index in [0.29, 0.717) is 37.2 Å². The van der Waals surface area contributed by atoms with Crippen molar-refractivity contribution in [3.63, 3.8) is 0 Å². The van der Waals surface area contributed by atoms with Crippen LogP contribution in [0.25, 0.3) is 0 Å². The molecular weight excluding hydrogens is 578 g/mol. The molecule has 0 spiro atoms. The highest BCUT2D eigenvalue weighted by molar-refractivity contribution is 6.02. The first kappa shape index (κ1) is 34.8. The van der Waals surface area contributed by atoms with Gasteiger partial charge in [-0.1, -0.05) is 38.2 Å². The van der Waals surface area contributed by atoms with Gasteiger partial charge in [-0.25, -0.2) is 0 Å². The van der Waals surface area contributed by atoms with Crippen molar-refractivity contribution in [2.75, 3.05) is 32.8 Å². The smallest absolute Gasteiger partial charge is 0.178 e. The lowest BCUT2D eigenvalue weighted by Crippen LogP contribution is -2.36. The molecule has 2 aliphatic carbocycles. The number of benzene rings is 1. The number of nitrogens with one attached hydrogen (secondary N) is 1. The number of fused-ring (bicyclic) bond motifs is 2. The molecule has 0 amide bonds. The van der Waals surface area contributed by atoms with Gasteiger partial charge in [0, 0.05) is 32.5 Å². The summed E-state index contributed by atoms with van der Waals surface area (Å²) in [5, 5.41) is 33.7. The number of aliphatic imine (C=N–C) groups is 1. The maximum Gasteiger partial charge on any atom is 0.178 e. The first-order chi connectivity index (χ1) is 22.4. The van der Waals surface area contributed by atoms with Crippen LogP contribution in [-0.4, -0.2) is 70.8 Å². The second kappa shape index (κ2) is 17.6. The molecule has 254 valence electrons. The molecule has 5 unspecified atom stereocenters. The largest absolute Gasteiger partial charge is 0.504 e. The van der Waals surface area contributed by atoms with Crippen molar-refractivity contribution in [3.8, 4) is 11.5 Å². The molecule has 2 aliphatic heterocycles. The summed E-state index contributed by atoms with van der Waals surface area (Å²) in [6.07, 6.45) is 20.4. The number of phenols is 1. The summed E-state index contributed by atoms with van der Waals surface area (Å²) >= 11 is 0. The zero-order valence-corrected chi connectivity index (χ0v) is 27.9. The molecular formula is C38H58N3O5+. The average molecular weight is 637 g/mol. The minimum absolute atomic E-state index is 0.0604. The van der Waals surface area contributed by atoms with E-state index in [0.717, 1.165) is 80.5 Å². The standard InChI is InChI=1S/C38H57N3O5/c1-26(43)23-40-24-34-32-9-7-8-28(32)13-15-35-33(34)22-30(41-35)17-19-45-38-20-27(12-16-36(38)44)11-14-31-21-29(25-42)37(46-31)10-5-3-2-4-6-18-39/h12,16,20-22,26,28,32,34,37,40,42-43,46H,2-11,13-15,17-19,23-25,39H2,1H3/p+1. The minimum atomic E-state index is -0.346. The van der Waals surface area contributed by atoms with Crippen LogP contribution in [0.4, 0.5) is 0 Å². The van der Waals surface area contributed by atoms with Crippen molar-refractivity contribution in [2.45, 2.75) is 109 Å². The van der Waals surface area contributed by atoms with Crippen molar-refractivity contribution < 1.29 is 24.8 Å². The van der Waals surface area contributed by atoms with E-state index in [9.17, 15) is 15.3 Å². The highest BCUT2D eigenvalue weighted by Crippen LogP contribution is 2.48. The van der Waals surface area contributed by atoms with Crippen LogP contribution in [0.3, 0.4) is 0 Å². The number of aromatic hydroxyl groups is 1. The van der Waals surface area contributed by atoms with Crippen LogP contribution >= 0.6 is 0 Å².